The molecule has 0 atom stereocenters. The van der Waals surface area contributed by atoms with E-state index < -0.39 is 5.97 Å². The van der Waals surface area contributed by atoms with Gasteiger partial charge in [-0.2, -0.15) is 0 Å². The number of carbonyl (C=O) groups is 1. The Labute approximate surface area is 179 Å². The number of carboxylic acid groups (broad SMARTS) is 1. The fourth-order valence-corrected chi connectivity index (χ4v) is 4.66. The van der Waals surface area contributed by atoms with Crippen LogP contribution in [0.4, 0.5) is 0 Å². The van der Waals surface area contributed by atoms with Crippen LogP contribution in [0.5, 0.6) is 5.75 Å². The average Bonchev–Trinajstić information content (AvgIpc) is 3.07. The molecule has 0 bridgehead atoms. The molecule has 2 aromatic heterocycles. The minimum absolute atomic E-state index is 0.166. The highest BCUT2D eigenvalue weighted by atomic mass is 32.1. The van der Waals surface area contributed by atoms with E-state index >= 15 is 0 Å². The zero-order valence-electron chi connectivity index (χ0n) is 17.8. The van der Waals surface area contributed by atoms with E-state index in [2.05, 4.69) is 18.7 Å². The van der Waals surface area contributed by atoms with Crippen molar-refractivity contribution in [2.45, 2.75) is 33.7 Å². The van der Waals surface area contributed by atoms with Gasteiger partial charge in [0.05, 0.1) is 12.5 Å². The number of methoxy groups -OCH3 is 1. The number of fused-ring (bicyclic) bond motifs is 1. The van der Waals surface area contributed by atoms with Gasteiger partial charge in [0.25, 0.3) is 5.56 Å². The van der Waals surface area contributed by atoms with Crippen molar-refractivity contribution in [3.8, 4) is 5.75 Å². The molecule has 3 aromatic rings. The van der Waals surface area contributed by atoms with Crippen molar-refractivity contribution in [1.29, 1.82) is 0 Å². The van der Waals surface area contributed by atoms with E-state index in [4.69, 9.17) is 9.72 Å². The summed E-state index contributed by atoms with van der Waals surface area (Å²) in [6, 6.07) is 7.65. The highest BCUT2D eigenvalue weighted by molar-refractivity contribution is 7.20. The number of nitrogens with zero attached hydrogens (tertiary/aromatic N) is 3. The Kier molecular flexibility index (Phi) is 6.89. The summed E-state index contributed by atoms with van der Waals surface area (Å²) < 4.78 is 7.16. The number of aryl methyl sites for hydroxylation is 1. The standard InChI is InChI=1S/C22H27N3O4S/c1-5-24(6-2)11-12-25-17(13-15-9-7-8-10-16(15)29-4)23-20-18(21(25)26)14(3)19(30-20)22(27)28/h7-10H,5-6,11-13H2,1-4H3,(H,27,28). The van der Waals surface area contributed by atoms with Crippen LogP contribution in [-0.2, 0) is 13.0 Å². The van der Waals surface area contributed by atoms with Crippen LogP contribution in [0, 0.1) is 6.92 Å². The molecule has 0 radical (unpaired) electrons. The third kappa shape index (κ3) is 4.24. The number of benzene rings is 1. The Morgan fingerprint density at radius 2 is 1.97 bits per heavy atom. The summed E-state index contributed by atoms with van der Waals surface area (Å²) >= 11 is 1.06. The smallest absolute Gasteiger partial charge is 0.346 e. The van der Waals surface area contributed by atoms with Gasteiger partial charge in [-0.3, -0.25) is 9.36 Å². The van der Waals surface area contributed by atoms with Crippen LogP contribution >= 0.6 is 11.3 Å². The Bertz CT molecular complexity index is 1120. The molecule has 0 aliphatic rings. The SMILES string of the molecule is CCN(CC)CCn1c(Cc2ccccc2OC)nc2sc(C(=O)O)c(C)c2c1=O. The molecule has 8 heteroatoms. The Morgan fingerprint density at radius 3 is 2.60 bits per heavy atom. The largest absolute Gasteiger partial charge is 0.496 e. The molecule has 0 saturated carbocycles. The van der Waals surface area contributed by atoms with Crippen molar-refractivity contribution in [1.82, 2.24) is 14.5 Å². The molecule has 1 aromatic carbocycles. The first-order valence-corrected chi connectivity index (χ1v) is 10.8. The van der Waals surface area contributed by atoms with Crippen molar-refractivity contribution < 1.29 is 14.6 Å². The number of ether oxygens (including phenoxy) is 1. The molecule has 0 fully saturated rings. The maximum Gasteiger partial charge on any atom is 0.346 e. The van der Waals surface area contributed by atoms with E-state index in [0.717, 1.165) is 35.7 Å². The highest BCUT2D eigenvalue weighted by Gasteiger charge is 2.22. The number of hydrogen-bond donors (Lipinski definition) is 1. The summed E-state index contributed by atoms with van der Waals surface area (Å²) in [4.78, 5) is 32.6. The van der Waals surface area contributed by atoms with E-state index in [1.807, 2.05) is 24.3 Å². The third-order valence-corrected chi connectivity index (χ3v) is 6.57. The van der Waals surface area contributed by atoms with E-state index in [-0.39, 0.29) is 10.4 Å². The van der Waals surface area contributed by atoms with Crippen molar-refractivity contribution in [3.05, 3.63) is 56.4 Å². The fourth-order valence-electron chi connectivity index (χ4n) is 3.63. The van der Waals surface area contributed by atoms with Crippen LogP contribution in [-0.4, -0.2) is 52.3 Å². The maximum absolute atomic E-state index is 13.4. The van der Waals surface area contributed by atoms with Gasteiger partial charge in [0.1, 0.15) is 21.3 Å². The number of carboxylic acids is 1. The normalized spacial score (nSPS) is 11.4. The first kappa shape index (κ1) is 22.0. The summed E-state index contributed by atoms with van der Waals surface area (Å²) in [6.07, 6.45) is 0.423. The Balaban J connectivity index is 2.16. The lowest BCUT2D eigenvalue weighted by Gasteiger charge is -2.20. The van der Waals surface area contributed by atoms with Gasteiger partial charge in [-0.25, -0.2) is 9.78 Å². The molecule has 160 valence electrons. The van der Waals surface area contributed by atoms with Crippen LogP contribution in [0.1, 0.15) is 40.5 Å². The first-order valence-electron chi connectivity index (χ1n) is 10.0. The highest BCUT2D eigenvalue weighted by Crippen LogP contribution is 2.28. The van der Waals surface area contributed by atoms with Crippen molar-refractivity contribution >= 4 is 27.5 Å². The average molecular weight is 430 g/mol. The van der Waals surface area contributed by atoms with E-state index in [9.17, 15) is 14.7 Å². The second-order valence-corrected chi connectivity index (χ2v) is 8.04. The molecule has 0 unspecified atom stereocenters. The fraction of sp³-hybridized carbons (Fsp3) is 0.409. The molecule has 7 nitrogen and oxygen atoms in total. The number of likely N-dealkylation sites (N-methyl/N-ethyl adjacent to an activating group) is 1. The molecular weight excluding hydrogens is 402 g/mol. The summed E-state index contributed by atoms with van der Waals surface area (Å²) in [5.41, 5.74) is 1.23. The summed E-state index contributed by atoms with van der Waals surface area (Å²) in [7, 11) is 1.62. The van der Waals surface area contributed by atoms with Gasteiger partial charge >= 0.3 is 5.97 Å². The number of para-hydroxylation sites is 1. The zero-order chi connectivity index (χ0) is 21.8. The minimum atomic E-state index is -1.03. The van der Waals surface area contributed by atoms with Crippen LogP contribution in [0.2, 0.25) is 0 Å². The molecule has 2 heterocycles. The predicted molar refractivity (Wildman–Crippen MR) is 119 cm³/mol. The minimum Gasteiger partial charge on any atom is -0.496 e. The van der Waals surface area contributed by atoms with Gasteiger partial charge in [-0.05, 0) is 31.6 Å². The third-order valence-electron chi connectivity index (χ3n) is 5.40. The summed E-state index contributed by atoms with van der Waals surface area (Å²) in [5.74, 6) is 0.314. The van der Waals surface area contributed by atoms with Gasteiger partial charge in [-0.15, -0.1) is 11.3 Å². The second-order valence-electron chi connectivity index (χ2n) is 7.04. The molecule has 0 aliphatic heterocycles. The van der Waals surface area contributed by atoms with Gasteiger partial charge in [0.2, 0.25) is 0 Å². The lowest BCUT2D eigenvalue weighted by molar-refractivity contribution is 0.0701. The summed E-state index contributed by atoms with van der Waals surface area (Å²) in [6.45, 7) is 8.85. The summed E-state index contributed by atoms with van der Waals surface area (Å²) in [5, 5.41) is 9.89. The molecule has 0 saturated heterocycles. The molecular formula is C22H27N3O4S. The van der Waals surface area contributed by atoms with Crippen LogP contribution in [0.25, 0.3) is 10.2 Å². The molecule has 30 heavy (non-hydrogen) atoms. The van der Waals surface area contributed by atoms with Crippen LogP contribution in [0.3, 0.4) is 0 Å². The predicted octanol–water partition coefficient (Wildman–Crippen LogP) is 3.41. The van der Waals surface area contributed by atoms with Gasteiger partial charge < -0.3 is 14.7 Å². The number of aromatic nitrogens is 2. The lowest BCUT2D eigenvalue weighted by atomic mass is 10.1. The van der Waals surface area contributed by atoms with E-state index in [1.165, 1.54) is 0 Å². The van der Waals surface area contributed by atoms with Gasteiger partial charge in [-0.1, -0.05) is 32.0 Å². The monoisotopic (exact) mass is 429 g/mol. The Hall–Kier alpha value is -2.71. The lowest BCUT2D eigenvalue weighted by Crippen LogP contribution is -2.33. The van der Waals surface area contributed by atoms with E-state index in [0.29, 0.717) is 41.1 Å². The maximum atomic E-state index is 13.4. The molecule has 1 N–H and O–H groups in total. The number of hydrogen-bond acceptors (Lipinski definition) is 6. The molecule has 0 aliphatic carbocycles. The first-order chi connectivity index (χ1) is 14.4. The van der Waals surface area contributed by atoms with Crippen molar-refractivity contribution in [2.24, 2.45) is 0 Å². The molecule has 0 amide bonds. The topological polar surface area (TPSA) is 84.7 Å². The molecule has 3 rings (SSSR count). The zero-order valence-corrected chi connectivity index (χ0v) is 18.6. The second kappa shape index (κ2) is 9.40. The van der Waals surface area contributed by atoms with Crippen molar-refractivity contribution in [3.63, 3.8) is 0 Å². The molecule has 0 spiro atoms. The quantitative estimate of drug-likeness (QED) is 0.561. The van der Waals surface area contributed by atoms with Crippen LogP contribution in [0.15, 0.2) is 29.1 Å². The number of thiophene rings is 1. The number of rotatable bonds is 9. The Morgan fingerprint density at radius 1 is 1.27 bits per heavy atom. The van der Waals surface area contributed by atoms with E-state index in [1.54, 1.807) is 18.6 Å². The van der Waals surface area contributed by atoms with Crippen LogP contribution < -0.4 is 10.3 Å². The van der Waals surface area contributed by atoms with Gasteiger partial charge in [0.15, 0.2) is 0 Å². The van der Waals surface area contributed by atoms with Crippen molar-refractivity contribution in [2.75, 3.05) is 26.7 Å². The van der Waals surface area contributed by atoms with Gasteiger partial charge in [0, 0.05) is 25.1 Å². The number of aromatic carboxylic acids is 1.